The van der Waals surface area contributed by atoms with E-state index in [0.717, 1.165) is 19.4 Å². The summed E-state index contributed by atoms with van der Waals surface area (Å²) in [6.45, 7) is 1.44. The first-order valence-corrected chi connectivity index (χ1v) is 8.80. The number of benzene rings is 1. The minimum Gasteiger partial charge on any atom is -0.405 e. The summed E-state index contributed by atoms with van der Waals surface area (Å²) in [5.41, 5.74) is 0.479. The van der Waals surface area contributed by atoms with E-state index < -0.39 is 6.36 Å². The minimum atomic E-state index is -4.72. The van der Waals surface area contributed by atoms with Crippen LogP contribution in [0.25, 0.3) is 0 Å². The SMILES string of the molecule is O=C(C1CC1c1ccccc1OC(F)(F)F)N1CCC2CCC(C1)N2. The molecule has 1 aliphatic carbocycles. The fraction of sp³-hybridized carbons (Fsp3) is 0.611. The topological polar surface area (TPSA) is 41.6 Å². The molecule has 2 aliphatic heterocycles. The van der Waals surface area contributed by atoms with Crippen molar-refractivity contribution in [1.29, 1.82) is 0 Å². The first-order chi connectivity index (χ1) is 11.9. The maximum absolute atomic E-state index is 12.8. The summed E-state index contributed by atoms with van der Waals surface area (Å²) in [6, 6.07) is 7.00. The van der Waals surface area contributed by atoms with Crippen LogP contribution in [0.2, 0.25) is 0 Å². The summed E-state index contributed by atoms with van der Waals surface area (Å²) in [5, 5.41) is 3.54. The molecule has 1 aromatic carbocycles. The van der Waals surface area contributed by atoms with Gasteiger partial charge in [0.05, 0.1) is 0 Å². The van der Waals surface area contributed by atoms with Gasteiger partial charge in [0.25, 0.3) is 0 Å². The van der Waals surface area contributed by atoms with Crippen LogP contribution in [0.5, 0.6) is 5.75 Å². The number of nitrogens with one attached hydrogen (secondary N) is 1. The number of nitrogens with zero attached hydrogens (tertiary/aromatic N) is 1. The lowest BCUT2D eigenvalue weighted by atomic mass is 10.1. The lowest BCUT2D eigenvalue weighted by molar-refractivity contribution is -0.274. The van der Waals surface area contributed by atoms with Gasteiger partial charge in [0.2, 0.25) is 5.91 Å². The second-order valence-electron chi connectivity index (χ2n) is 7.25. The summed E-state index contributed by atoms with van der Waals surface area (Å²) in [7, 11) is 0. The third-order valence-corrected chi connectivity index (χ3v) is 5.49. The molecule has 7 heteroatoms. The quantitative estimate of drug-likeness (QED) is 0.907. The Hall–Kier alpha value is -1.76. The number of alkyl halides is 3. The van der Waals surface area contributed by atoms with E-state index >= 15 is 0 Å². The van der Waals surface area contributed by atoms with Crippen molar-refractivity contribution >= 4 is 5.91 Å². The Kier molecular flexibility index (Phi) is 4.14. The number of carbonyl (C=O) groups excluding carboxylic acids is 1. The van der Waals surface area contributed by atoms with E-state index in [2.05, 4.69) is 10.1 Å². The maximum Gasteiger partial charge on any atom is 0.573 e. The van der Waals surface area contributed by atoms with E-state index in [0.29, 0.717) is 30.6 Å². The number of rotatable bonds is 3. The summed E-state index contributed by atoms with van der Waals surface area (Å²) in [6.07, 6.45) is -0.922. The third kappa shape index (κ3) is 3.61. The predicted octanol–water partition coefficient (Wildman–Crippen LogP) is 3.04. The number of likely N-dealkylation sites (tertiary alicyclic amines) is 1. The number of carbonyl (C=O) groups is 1. The summed E-state index contributed by atoms with van der Waals surface area (Å²) in [4.78, 5) is 14.7. The normalized spacial score (nSPS) is 31.6. The Balaban J connectivity index is 1.44. The predicted molar refractivity (Wildman–Crippen MR) is 85.1 cm³/mol. The van der Waals surface area contributed by atoms with E-state index in [1.54, 1.807) is 12.1 Å². The van der Waals surface area contributed by atoms with Crippen molar-refractivity contribution in [3.63, 3.8) is 0 Å². The van der Waals surface area contributed by atoms with Crippen LogP contribution < -0.4 is 10.1 Å². The zero-order valence-electron chi connectivity index (χ0n) is 13.8. The van der Waals surface area contributed by atoms with Gasteiger partial charge >= 0.3 is 6.36 Å². The average molecular weight is 354 g/mol. The molecule has 1 aromatic rings. The van der Waals surface area contributed by atoms with Crippen LogP contribution in [0.3, 0.4) is 0 Å². The zero-order valence-corrected chi connectivity index (χ0v) is 13.8. The van der Waals surface area contributed by atoms with Crippen molar-refractivity contribution in [3.05, 3.63) is 29.8 Å². The Morgan fingerprint density at radius 3 is 2.72 bits per heavy atom. The molecule has 3 aliphatic rings. The number of para-hydroxylation sites is 1. The van der Waals surface area contributed by atoms with Gasteiger partial charge in [0.15, 0.2) is 0 Å². The van der Waals surface area contributed by atoms with Crippen molar-refractivity contribution in [2.24, 2.45) is 5.92 Å². The number of hydrogen-bond donors (Lipinski definition) is 1. The highest BCUT2D eigenvalue weighted by molar-refractivity contribution is 5.83. The first-order valence-electron chi connectivity index (χ1n) is 8.80. The lowest BCUT2D eigenvalue weighted by Crippen LogP contribution is -2.40. The lowest BCUT2D eigenvalue weighted by Gasteiger charge is -2.24. The smallest absolute Gasteiger partial charge is 0.405 e. The van der Waals surface area contributed by atoms with Crippen molar-refractivity contribution in [3.8, 4) is 5.75 Å². The molecule has 136 valence electrons. The molecule has 1 saturated carbocycles. The molecule has 0 radical (unpaired) electrons. The van der Waals surface area contributed by atoms with E-state index in [9.17, 15) is 18.0 Å². The average Bonchev–Trinajstić information content (AvgIpc) is 3.24. The number of hydrogen-bond acceptors (Lipinski definition) is 3. The van der Waals surface area contributed by atoms with Crippen LogP contribution in [-0.4, -0.2) is 42.3 Å². The van der Waals surface area contributed by atoms with Crippen LogP contribution in [0.4, 0.5) is 13.2 Å². The molecule has 3 fully saturated rings. The molecular weight excluding hydrogens is 333 g/mol. The molecular formula is C18H21F3N2O2. The maximum atomic E-state index is 12.8. The highest BCUT2D eigenvalue weighted by Crippen LogP contribution is 2.51. The van der Waals surface area contributed by atoms with Crippen LogP contribution in [-0.2, 0) is 4.79 Å². The van der Waals surface area contributed by atoms with Gasteiger partial charge in [-0.15, -0.1) is 13.2 Å². The molecule has 0 aromatic heterocycles. The highest BCUT2D eigenvalue weighted by atomic mass is 19.4. The Labute approximate surface area is 144 Å². The summed E-state index contributed by atoms with van der Waals surface area (Å²) >= 11 is 0. The van der Waals surface area contributed by atoms with E-state index in [1.165, 1.54) is 18.6 Å². The molecule has 4 nitrogen and oxygen atoms in total. The molecule has 4 rings (SSSR count). The van der Waals surface area contributed by atoms with E-state index in [1.807, 2.05) is 4.90 Å². The molecule has 2 saturated heterocycles. The van der Waals surface area contributed by atoms with Crippen molar-refractivity contribution in [2.75, 3.05) is 13.1 Å². The van der Waals surface area contributed by atoms with E-state index in [-0.39, 0.29) is 23.5 Å². The molecule has 1 amide bonds. The van der Waals surface area contributed by atoms with Gasteiger partial charge in [-0.3, -0.25) is 4.79 Å². The minimum absolute atomic E-state index is 0.0705. The second kappa shape index (κ2) is 6.20. The van der Waals surface area contributed by atoms with Gasteiger partial charge in [-0.05, 0) is 43.2 Å². The zero-order chi connectivity index (χ0) is 17.6. The van der Waals surface area contributed by atoms with Gasteiger partial charge < -0.3 is 15.0 Å². The highest BCUT2D eigenvalue weighted by Gasteiger charge is 2.48. The third-order valence-electron chi connectivity index (χ3n) is 5.49. The summed E-state index contributed by atoms with van der Waals surface area (Å²) in [5.74, 6) is -0.526. The van der Waals surface area contributed by atoms with Gasteiger partial charge in [0, 0.05) is 31.1 Å². The molecule has 2 heterocycles. The molecule has 25 heavy (non-hydrogen) atoms. The van der Waals surface area contributed by atoms with Gasteiger partial charge in [-0.1, -0.05) is 18.2 Å². The van der Waals surface area contributed by atoms with Gasteiger partial charge in [-0.2, -0.15) is 0 Å². The van der Waals surface area contributed by atoms with Crippen molar-refractivity contribution < 1.29 is 22.7 Å². The van der Waals surface area contributed by atoms with Gasteiger partial charge in [0.1, 0.15) is 5.75 Å². The van der Waals surface area contributed by atoms with Crippen molar-refractivity contribution in [1.82, 2.24) is 10.2 Å². The number of ether oxygens (including phenoxy) is 1. The van der Waals surface area contributed by atoms with Crippen LogP contribution >= 0.6 is 0 Å². The Morgan fingerprint density at radius 1 is 1.16 bits per heavy atom. The van der Waals surface area contributed by atoms with Crippen molar-refractivity contribution in [2.45, 2.75) is 50.0 Å². The second-order valence-corrected chi connectivity index (χ2v) is 7.25. The standard InChI is InChI=1S/C18H21F3N2O2/c19-18(20,21)25-16-4-2-1-3-13(16)14-9-15(14)17(24)23-8-7-11-5-6-12(10-23)22-11/h1-4,11-12,14-15,22H,5-10H2. The molecule has 1 N–H and O–H groups in total. The molecule has 2 bridgehead atoms. The monoisotopic (exact) mass is 354 g/mol. The van der Waals surface area contributed by atoms with Gasteiger partial charge in [-0.25, -0.2) is 0 Å². The largest absolute Gasteiger partial charge is 0.573 e. The number of amides is 1. The number of fused-ring (bicyclic) bond motifs is 2. The Morgan fingerprint density at radius 2 is 1.92 bits per heavy atom. The van der Waals surface area contributed by atoms with Crippen LogP contribution in [0.15, 0.2) is 24.3 Å². The summed E-state index contributed by atoms with van der Waals surface area (Å²) < 4.78 is 41.9. The fourth-order valence-corrected chi connectivity index (χ4v) is 4.19. The molecule has 4 atom stereocenters. The fourth-order valence-electron chi connectivity index (χ4n) is 4.19. The first kappa shape index (κ1) is 16.7. The molecule has 4 unspecified atom stereocenters. The molecule has 0 spiro atoms. The van der Waals surface area contributed by atoms with Crippen LogP contribution in [0.1, 0.15) is 37.2 Å². The number of halogens is 3. The van der Waals surface area contributed by atoms with Crippen LogP contribution in [0, 0.1) is 5.92 Å². The Bertz CT molecular complexity index is 664. The van der Waals surface area contributed by atoms with E-state index in [4.69, 9.17) is 0 Å².